The highest BCUT2D eigenvalue weighted by atomic mass is 32.1. The van der Waals surface area contributed by atoms with E-state index in [0.717, 1.165) is 32.3 Å². The number of aromatic amines is 1. The largest absolute Gasteiger partial charge is 0.487 e. The van der Waals surface area contributed by atoms with Crippen molar-refractivity contribution in [2.75, 3.05) is 6.54 Å². The molecule has 0 aliphatic carbocycles. The summed E-state index contributed by atoms with van der Waals surface area (Å²) in [5.74, 6) is -0.924. The van der Waals surface area contributed by atoms with Crippen LogP contribution in [0, 0.1) is 6.92 Å². The van der Waals surface area contributed by atoms with Crippen molar-refractivity contribution in [1.82, 2.24) is 24.9 Å². The summed E-state index contributed by atoms with van der Waals surface area (Å²) < 4.78 is 47.4. The maximum absolute atomic E-state index is 13.1. The fourth-order valence-corrected chi connectivity index (χ4v) is 6.92. The molecule has 5 aromatic rings. The van der Waals surface area contributed by atoms with Gasteiger partial charge in [-0.3, -0.25) is 14.5 Å². The van der Waals surface area contributed by atoms with E-state index in [1.165, 1.54) is 12.1 Å². The number of H-pyrrole nitrogens is 1. The lowest BCUT2D eigenvalue weighted by Gasteiger charge is -2.25. The number of rotatable bonds is 8. The minimum Gasteiger partial charge on any atom is -0.487 e. The number of benzene rings is 2. The minimum atomic E-state index is -4.46. The zero-order chi connectivity index (χ0) is 31.2. The number of hydrogen-bond acceptors (Lipinski definition) is 7. The summed E-state index contributed by atoms with van der Waals surface area (Å²) in [5.41, 5.74) is 4.09. The standard InChI is InChI=1S/C31H30F3N5O4S/c1-3-21-14-38(15-24-26(43-21)6-7-27(40)35-24)13-20-11-19(10-18-8-9-44-30(18)20)23(12-28(41)42)22-4-5-25-29(17(22)2)36-37-39(25)16-31(32,33)34/h4-11,21,23H,3,12-16H2,1-2H3,(H,35,40)(H,41,42)/t21-,23?/m1/s1. The smallest absolute Gasteiger partial charge is 0.408 e. The number of alkyl halides is 3. The molecule has 1 aliphatic heterocycles. The molecule has 230 valence electrons. The van der Waals surface area contributed by atoms with Crippen LogP contribution >= 0.6 is 11.3 Å². The van der Waals surface area contributed by atoms with E-state index in [9.17, 15) is 27.9 Å². The SMILES string of the molecule is CC[C@@H]1CN(Cc2cc(C(CC(=O)O)c3ccc4c(nnn4CC(F)(F)F)c3C)cc3ccsc23)Cc2[nH]c(=O)ccc2O1. The van der Waals surface area contributed by atoms with Gasteiger partial charge in [0.1, 0.15) is 23.9 Å². The number of fused-ring (bicyclic) bond motifs is 3. The Kier molecular flexibility index (Phi) is 7.93. The molecule has 2 N–H and O–H groups in total. The fourth-order valence-electron chi connectivity index (χ4n) is 6.03. The van der Waals surface area contributed by atoms with Crippen LogP contribution in [0.1, 0.15) is 53.6 Å². The van der Waals surface area contributed by atoms with Gasteiger partial charge in [0.2, 0.25) is 5.56 Å². The van der Waals surface area contributed by atoms with Crippen LogP contribution < -0.4 is 10.3 Å². The maximum atomic E-state index is 13.1. The lowest BCUT2D eigenvalue weighted by Crippen LogP contribution is -2.32. The van der Waals surface area contributed by atoms with E-state index < -0.39 is 24.6 Å². The molecule has 1 unspecified atom stereocenters. The molecule has 3 aromatic heterocycles. The number of carboxylic acid groups (broad SMARTS) is 1. The number of halogens is 3. The lowest BCUT2D eigenvalue weighted by atomic mass is 9.84. The van der Waals surface area contributed by atoms with Gasteiger partial charge in [-0.2, -0.15) is 13.2 Å². The Morgan fingerprint density at radius 1 is 1.23 bits per heavy atom. The zero-order valence-electron chi connectivity index (χ0n) is 24.0. The molecule has 2 atom stereocenters. The second kappa shape index (κ2) is 11.7. The highest BCUT2D eigenvalue weighted by Gasteiger charge is 2.31. The first-order chi connectivity index (χ1) is 21.0. The van der Waals surface area contributed by atoms with Gasteiger partial charge < -0.3 is 14.8 Å². The number of aromatic nitrogens is 4. The first kappa shape index (κ1) is 29.8. The van der Waals surface area contributed by atoms with E-state index in [4.69, 9.17) is 4.74 Å². The molecule has 0 bridgehead atoms. The molecule has 4 heterocycles. The number of nitrogens with one attached hydrogen (secondary N) is 1. The third-order valence-corrected chi connectivity index (χ3v) is 9.07. The fraction of sp³-hybridized carbons (Fsp3) is 0.355. The van der Waals surface area contributed by atoms with Gasteiger partial charge in [0.15, 0.2) is 0 Å². The number of carbonyl (C=O) groups is 1. The van der Waals surface area contributed by atoms with Crippen molar-refractivity contribution in [2.24, 2.45) is 0 Å². The lowest BCUT2D eigenvalue weighted by molar-refractivity contribution is -0.142. The van der Waals surface area contributed by atoms with Gasteiger partial charge in [0, 0.05) is 36.3 Å². The highest BCUT2D eigenvalue weighted by Crippen LogP contribution is 2.38. The Hall–Kier alpha value is -4.23. The van der Waals surface area contributed by atoms with Gasteiger partial charge >= 0.3 is 12.1 Å². The molecular formula is C31H30F3N5O4S. The predicted molar refractivity (Wildman–Crippen MR) is 160 cm³/mol. The van der Waals surface area contributed by atoms with Crippen LogP contribution in [0.2, 0.25) is 0 Å². The predicted octanol–water partition coefficient (Wildman–Crippen LogP) is 5.98. The molecule has 0 saturated carbocycles. The quantitative estimate of drug-likeness (QED) is 0.218. The van der Waals surface area contributed by atoms with Crippen molar-refractivity contribution < 1.29 is 27.8 Å². The molecule has 0 saturated heterocycles. The third kappa shape index (κ3) is 6.06. The molecule has 6 rings (SSSR count). The summed E-state index contributed by atoms with van der Waals surface area (Å²) >= 11 is 1.60. The summed E-state index contributed by atoms with van der Waals surface area (Å²) in [4.78, 5) is 29.4. The molecule has 13 heteroatoms. The number of hydrogen-bond donors (Lipinski definition) is 2. The van der Waals surface area contributed by atoms with Gasteiger partial charge in [0.25, 0.3) is 0 Å². The van der Waals surface area contributed by atoms with Crippen LogP contribution in [0.25, 0.3) is 21.1 Å². The van der Waals surface area contributed by atoms with Crippen molar-refractivity contribution in [2.45, 2.75) is 64.5 Å². The van der Waals surface area contributed by atoms with Crippen LogP contribution in [0.5, 0.6) is 5.75 Å². The molecule has 9 nitrogen and oxygen atoms in total. The van der Waals surface area contributed by atoms with E-state index in [2.05, 4.69) is 27.1 Å². The van der Waals surface area contributed by atoms with Crippen molar-refractivity contribution >= 4 is 38.4 Å². The second-order valence-corrected chi connectivity index (χ2v) is 12.1. The molecule has 2 aromatic carbocycles. The monoisotopic (exact) mass is 625 g/mol. The molecule has 0 fully saturated rings. The highest BCUT2D eigenvalue weighted by molar-refractivity contribution is 7.17. The van der Waals surface area contributed by atoms with Gasteiger partial charge in [-0.1, -0.05) is 24.3 Å². The van der Waals surface area contributed by atoms with Crippen LogP contribution in [-0.4, -0.2) is 54.8 Å². The summed E-state index contributed by atoms with van der Waals surface area (Å²) in [5, 5.41) is 20.7. The third-order valence-electron chi connectivity index (χ3n) is 8.06. The van der Waals surface area contributed by atoms with E-state index in [0.29, 0.717) is 47.7 Å². The average molecular weight is 626 g/mol. The van der Waals surface area contributed by atoms with Crippen molar-refractivity contribution in [3.05, 3.63) is 86.1 Å². The van der Waals surface area contributed by atoms with E-state index in [-0.39, 0.29) is 23.6 Å². The number of thiophene rings is 1. The van der Waals surface area contributed by atoms with Crippen LogP contribution in [-0.2, 0) is 24.4 Å². The van der Waals surface area contributed by atoms with E-state index in [1.54, 1.807) is 30.4 Å². The second-order valence-electron chi connectivity index (χ2n) is 11.2. The van der Waals surface area contributed by atoms with Gasteiger partial charge in [-0.25, -0.2) is 4.68 Å². The number of carboxylic acids is 1. The van der Waals surface area contributed by atoms with Crippen LogP contribution in [0.4, 0.5) is 13.2 Å². The number of pyridine rings is 1. The van der Waals surface area contributed by atoms with E-state index >= 15 is 0 Å². The minimum absolute atomic E-state index is 0.0796. The number of aliphatic carboxylic acids is 1. The number of aryl methyl sites for hydroxylation is 1. The van der Waals surface area contributed by atoms with Crippen LogP contribution in [0.3, 0.4) is 0 Å². The Bertz CT molecular complexity index is 1910. The molecule has 0 radical (unpaired) electrons. The molecule has 44 heavy (non-hydrogen) atoms. The van der Waals surface area contributed by atoms with Crippen molar-refractivity contribution in [1.29, 1.82) is 0 Å². The number of nitrogens with zero attached hydrogens (tertiary/aromatic N) is 4. The normalized spacial score (nSPS) is 16.5. The number of ether oxygens (including phenoxy) is 1. The zero-order valence-corrected chi connectivity index (χ0v) is 24.8. The Labute approximate surface area is 253 Å². The Morgan fingerprint density at radius 2 is 2.05 bits per heavy atom. The van der Waals surface area contributed by atoms with E-state index in [1.807, 2.05) is 23.6 Å². The first-order valence-corrected chi connectivity index (χ1v) is 15.1. The molecular weight excluding hydrogens is 595 g/mol. The topological polar surface area (TPSA) is 113 Å². The summed E-state index contributed by atoms with van der Waals surface area (Å²) in [6.45, 7) is 4.16. The Balaban J connectivity index is 1.40. The first-order valence-electron chi connectivity index (χ1n) is 14.2. The van der Waals surface area contributed by atoms with Crippen molar-refractivity contribution in [3.63, 3.8) is 0 Å². The summed E-state index contributed by atoms with van der Waals surface area (Å²) in [6.07, 6.45) is -3.98. The van der Waals surface area contributed by atoms with Gasteiger partial charge in [-0.15, -0.1) is 16.4 Å². The summed E-state index contributed by atoms with van der Waals surface area (Å²) in [7, 11) is 0. The molecule has 0 amide bonds. The summed E-state index contributed by atoms with van der Waals surface area (Å²) in [6, 6.07) is 12.4. The molecule has 1 aliphatic rings. The van der Waals surface area contributed by atoms with Gasteiger partial charge in [-0.05, 0) is 70.6 Å². The Morgan fingerprint density at radius 3 is 2.80 bits per heavy atom. The van der Waals surface area contributed by atoms with Crippen molar-refractivity contribution in [3.8, 4) is 5.75 Å². The molecule has 0 spiro atoms. The maximum Gasteiger partial charge on any atom is 0.408 e. The van der Waals surface area contributed by atoms with Crippen LogP contribution in [0.15, 0.2) is 52.6 Å². The average Bonchev–Trinajstić information content (AvgIpc) is 3.55. The van der Waals surface area contributed by atoms with Gasteiger partial charge in [0.05, 0.1) is 17.6 Å².